The molecule has 0 radical (unpaired) electrons. The summed E-state index contributed by atoms with van der Waals surface area (Å²) in [7, 11) is 0. The van der Waals surface area contributed by atoms with E-state index in [0.717, 1.165) is 11.4 Å². The largest absolute Gasteiger partial charge is 0.395 e. The van der Waals surface area contributed by atoms with Crippen LogP contribution in [0.15, 0.2) is 30.6 Å². The number of benzene rings is 1. The summed E-state index contributed by atoms with van der Waals surface area (Å²) in [6.45, 7) is 5.56. The van der Waals surface area contributed by atoms with Crippen molar-refractivity contribution in [1.82, 2.24) is 9.55 Å². The molecule has 0 bridgehead atoms. The number of aliphatic hydroxyl groups excluding tert-OH is 1. The van der Waals surface area contributed by atoms with Crippen molar-refractivity contribution in [3.63, 3.8) is 0 Å². The van der Waals surface area contributed by atoms with Crippen molar-refractivity contribution in [2.75, 3.05) is 6.61 Å². The molecule has 2 aromatic rings. The molecule has 0 unspecified atom stereocenters. The Kier molecular flexibility index (Phi) is 3.22. The van der Waals surface area contributed by atoms with E-state index in [0.29, 0.717) is 5.69 Å². The molecule has 1 aromatic heterocycles. The average molecular weight is 248 g/mol. The molecule has 0 aliphatic rings. The third-order valence-corrected chi connectivity index (χ3v) is 3.21. The zero-order valence-corrected chi connectivity index (χ0v) is 10.8. The lowest BCUT2D eigenvalue weighted by Gasteiger charge is -2.22. The number of nitrogens with zero attached hydrogens (tertiary/aromatic N) is 2. The van der Waals surface area contributed by atoms with Gasteiger partial charge in [-0.3, -0.25) is 0 Å². The maximum atomic E-state index is 14.1. The van der Waals surface area contributed by atoms with E-state index >= 15 is 0 Å². The van der Waals surface area contributed by atoms with Crippen LogP contribution in [-0.4, -0.2) is 21.3 Å². The maximum absolute atomic E-state index is 14.1. The SMILES string of the molecule is Cc1nccn1-c1ccc(C(C)(C)CO)cc1F. The van der Waals surface area contributed by atoms with E-state index in [2.05, 4.69) is 4.98 Å². The van der Waals surface area contributed by atoms with Gasteiger partial charge >= 0.3 is 0 Å². The summed E-state index contributed by atoms with van der Waals surface area (Å²) in [5.74, 6) is 0.429. The molecule has 0 atom stereocenters. The summed E-state index contributed by atoms with van der Waals surface area (Å²) in [4.78, 5) is 4.08. The third kappa shape index (κ3) is 2.16. The number of imidazole rings is 1. The summed E-state index contributed by atoms with van der Waals surface area (Å²) in [5, 5.41) is 9.30. The van der Waals surface area contributed by atoms with Crippen LogP contribution in [0, 0.1) is 12.7 Å². The van der Waals surface area contributed by atoms with Gasteiger partial charge in [-0.2, -0.15) is 0 Å². The molecule has 18 heavy (non-hydrogen) atoms. The molecule has 0 amide bonds. The van der Waals surface area contributed by atoms with E-state index in [1.54, 1.807) is 23.0 Å². The first-order valence-corrected chi connectivity index (χ1v) is 5.87. The fraction of sp³-hybridized carbons (Fsp3) is 0.357. The minimum absolute atomic E-state index is 0.0180. The first-order chi connectivity index (χ1) is 8.45. The van der Waals surface area contributed by atoms with Gasteiger partial charge in [0, 0.05) is 17.8 Å². The van der Waals surface area contributed by atoms with Gasteiger partial charge in [0.2, 0.25) is 0 Å². The topological polar surface area (TPSA) is 38.0 Å². The first-order valence-electron chi connectivity index (χ1n) is 5.87. The summed E-state index contributed by atoms with van der Waals surface area (Å²) >= 11 is 0. The molecule has 0 fully saturated rings. The van der Waals surface area contributed by atoms with Gasteiger partial charge in [0.25, 0.3) is 0 Å². The lowest BCUT2D eigenvalue weighted by atomic mass is 9.85. The molecular weight excluding hydrogens is 231 g/mol. The van der Waals surface area contributed by atoms with Crippen molar-refractivity contribution in [2.24, 2.45) is 0 Å². The standard InChI is InChI=1S/C14H17FN2O/c1-10-16-6-7-17(10)13-5-4-11(8-12(13)15)14(2,3)9-18/h4-8,18H,9H2,1-3H3. The summed E-state index contributed by atoms with van der Waals surface area (Å²) in [5.41, 5.74) is 0.815. The molecule has 0 saturated carbocycles. The fourth-order valence-electron chi connectivity index (χ4n) is 1.85. The van der Waals surface area contributed by atoms with Crippen molar-refractivity contribution < 1.29 is 9.50 Å². The Bertz CT molecular complexity index is 561. The molecule has 0 spiro atoms. The van der Waals surface area contributed by atoms with Gasteiger partial charge in [0.1, 0.15) is 11.6 Å². The Balaban J connectivity index is 2.47. The number of halogens is 1. The lowest BCUT2D eigenvalue weighted by molar-refractivity contribution is 0.218. The zero-order chi connectivity index (χ0) is 13.3. The Hall–Kier alpha value is -1.68. The van der Waals surface area contributed by atoms with E-state index in [1.807, 2.05) is 26.8 Å². The van der Waals surface area contributed by atoms with Crippen LogP contribution < -0.4 is 0 Å². The number of rotatable bonds is 3. The predicted octanol–water partition coefficient (Wildman–Crippen LogP) is 2.59. The van der Waals surface area contributed by atoms with E-state index in [1.165, 1.54) is 6.07 Å². The zero-order valence-electron chi connectivity index (χ0n) is 10.8. The van der Waals surface area contributed by atoms with Crippen LogP contribution in [0.3, 0.4) is 0 Å². The minimum atomic E-state index is -0.441. The number of aryl methyl sites for hydroxylation is 1. The van der Waals surface area contributed by atoms with E-state index in [-0.39, 0.29) is 12.4 Å². The smallest absolute Gasteiger partial charge is 0.147 e. The number of aromatic nitrogens is 2. The molecule has 2 rings (SSSR count). The van der Waals surface area contributed by atoms with Gasteiger partial charge in [0.05, 0.1) is 12.3 Å². The quantitative estimate of drug-likeness (QED) is 0.906. The Morgan fingerprint density at radius 1 is 1.39 bits per heavy atom. The van der Waals surface area contributed by atoms with Crippen LogP contribution in [0.5, 0.6) is 0 Å². The summed E-state index contributed by atoms with van der Waals surface area (Å²) < 4.78 is 15.8. The summed E-state index contributed by atoms with van der Waals surface area (Å²) in [6, 6.07) is 5.04. The molecule has 3 nitrogen and oxygen atoms in total. The second-order valence-corrected chi connectivity index (χ2v) is 5.05. The highest BCUT2D eigenvalue weighted by molar-refractivity contribution is 5.39. The molecule has 4 heteroatoms. The third-order valence-electron chi connectivity index (χ3n) is 3.21. The highest BCUT2D eigenvalue weighted by atomic mass is 19.1. The van der Waals surface area contributed by atoms with Crippen LogP contribution >= 0.6 is 0 Å². The normalized spacial score (nSPS) is 11.8. The van der Waals surface area contributed by atoms with Crippen LogP contribution in [0.4, 0.5) is 4.39 Å². The van der Waals surface area contributed by atoms with Crippen molar-refractivity contribution in [2.45, 2.75) is 26.2 Å². The van der Waals surface area contributed by atoms with E-state index in [4.69, 9.17) is 0 Å². The Labute approximate surface area is 106 Å². The predicted molar refractivity (Wildman–Crippen MR) is 68.4 cm³/mol. The van der Waals surface area contributed by atoms with Crippen LogP contribution in [0.25, 0.3) is 5.69 Å². The van der Waals surface area contributed by atoms with Gasteiger partial charge in [0.15, 0.2) is 0 Å². The number of hydrogen-bond acceptors (Lipinski definition) is 2. The van der Waals surface area contributed by atoms with Crippen LogP contribution in [0.2, 0.25) is 0 Å². The monoisotopic (exact) mass is 248 g/mol. The Morgan fingerprint density at radius 3 is 2.61 bits per heavy atom. The van der Waals surface area contributed by atoms with Gasteiger partial charge in [-0.25, -0.2) is 9.37 Å². The highest BCUT2D eigenvalue weighted by Crippen LogP contribution is 2.26. The van der Waals surface area contributed by atoms with Crippen LogP contribution in [-0.2, 0) is 5.41 Å². The second kappa shape index (κ2) is 4.53. The summed E-state index contributed by atoms with van der Waals surface area (Å²) in [6.07, 6.45) is 3.37. The second-order valence-electron chi connectivity index (χ2n) is 5.05. The number of hydrogen-bond donors (Lipinski definition) is 1. The minimum Gasteiger partial charge on any atom is -0.395 e. The van der Waals surface area contributed by atoms with Gasteiger partial charge in [-0.05, 0) is 24.6 Å². The van der Waals surface area contributed by atoms with Gasteiger partial charge < -0.3 is 9.67 Å². The highest BCUT2D eigenvalue weighted by Gasteiger charge is 2.21. The average Bonchev–Trinajstić information content (AvgIpc) is 2.75. The van der Waals surface area contributed by atoms with Crippen molar-refractivity contribution in [3.8, 4) is 5.69 Å². The first kappa shape index (κ1) is 12.8. The van der Waals surface area contributed by atoms with Crippen LogP contribution in [0.1, 0.15) is 25.2 Å². The maximum Gasteiger partial charge on any atom is 0.147 e. The van der Waals surface area contributed by atoms with Gasteiger partial charge in [-0.1, -0.05) is 19.9 Å². The van der Waals surface area contributed by atoms with Gasteiger partial charge in [-0.15, -0.1) is 0 Å². The lowest BCUT2D eigenvalue weighted by Crippen LogP contribution is -2.22. The van der Waals surface area contributed by atoms with Crippen molar-refractivity contribution in [1.29, 1.82) is 0 Å². The van der Waals surface area contributed by atoms with Crippen molar-refractivity contribution in [3.05, 3.63) is 47.8 Å². The molecule has 1 heterocycles. The molecule has 0 saturated heterocycles. The molecule has 1 N–H and O–H groups in total. The van der Waals surface area contributed by atoms with Crippen molar-refractivity contribution >= 4 is 0 Å². The fourth-order valence-corrected chi connectivity index (χ4v) is 1.85. The van der Waals surface area contributed by atoms with E-state index in [9.17, 15) is 9.50 Å². The molecular formula is C14H17FN2O. The molecule has 1 aromatic carbocycles. The number of aliphatic hydroxyl groups is 1. The van der Waals surface area contributed by atoms with E-state index < -0.39 is 5.41 Å². The Morgan fingerprint density at radius 2 is 2.11 bits per heavy atom. The molecule has 96 valence electrons. The molecule has 0 aliphatic carbocycles. The molecule has 0 aliphatic heterocycles.